The highest BCUT2D eigenvalue weighted by Gasteiger charge is 2.09. The van der Waals surface area contributed by atoms with Gasteiger partial charge in [0.25, 0.3) is 0 Å². The highest BCUT2D eigenvalue weighted by molar-refractivity contribution is 5.92. The van der Waals surface area contributed by atoms with Crippen molar-refractivity contribution in [2.75, 3.05) is 0 Å². The molecule has 0 heterocycles. The first-order chi connectivity index (χ1) is 5.22. The van der Waals surface area contributed by atoms with E-state index >= 15 is 0 Å². The molecule has 64 valence electrons. The van der Waals surface area contributed by atoms with Gasteiger partial charge in [0.05, 0.1) is 5.92 Å². The van der Waals surface area contributed by atoms with E-state index in [1.54, 1.807) is 6.92 Å². The summed E-state index contributed by atoms with van der Waals surface area (Å²) < 4.78 is 0. The summed E-state index contributed by atoms with van der Waals surface area (Å²) in [5, 5.41) is 0. The van der Waals surface area contributed by atoms with Gasteiger partial charge in [0.1, 0.15) is 12.1 Å². The van der Waals surface area contributed by atoms with Crippen LogP contribution < -0.4 is 0 Å². The van der Waals surface area contributed by atoms with Crippen molar-refractivity contribution < 1.29 is 9.59 Å². The first-order valence-corrected chi connectivity index (χ1v) is 4.20. The van der Waals surface area contributed by atoms with Gasteiger partial charge >= 0.3 is 0 Å². The van der Waals surface area contributed by atoms with Crippen molar-refractivity contribution in [2.45, 2.75) is 39.5 Å². The molecule has 0 rings (SSSR count). The minimum atomic E-state index is -0.396. The van der Waals surface area contributed by atoms with E-state index in [4.69, 9.17) is 0 Å². The fraction of sp³-hybridized carbons (Fsp3) is 0.778. The number of unbranched alkanes of at least 4 members (excludes halogenated alkanes) is 2. The summed E-state index contributed by atoms with van der Waals surface area (Å²) in [7, 11) is 0. The van der Waals surface area contributed by atoms with Gasteiger partial charge in [0, 0.05) is 6.42 Å². The molecule has 0 saturated carbocycles. The molecule has 2 nitrogen and oxygen atoms in total. The zero-order valence-corrected chi connectivity index (χ0v) is 7.30. The molecule has 1 unspecified atom stereocenters. The number of aldehydes is 1. The van der Waals surface area contributed by atoms with Gasteiger partial charge in [0.15, 0.2) is 0 Å². The van der Waals surface area contributed by atoms with Crippen LogP contribution in [0.5, 0.6) is 0 Å². The number of hydrogen-bond donors (Lipinski definition) is 0. The molecule has 0 bridgehead atoms. The van der Waals surface area contributed by atoms with Gasteiger partial charge in [-0.05, 0) is 13.3 Å². The van der Waals surface area contributed by atoms with Crippen LogP contribution in [0.4, 0.5) is 0 Å². The van der Waals surface area contributed by atoms with E-state index in [1.165, 1.54) is 0 Å². The van der Waals surface area contributed by atoms with Crippen LogP contribution in [0.2, 0.25) is 0 Å². The second kappa shape index (κ2) is 6.08. The lowest BCUT2D eigenvalue weighted by atomic mass is 10.0. The van der Waals surface area contributed by atoms with Gasteiger partial charge in [-0.25, -0.2) is 0 Å². The zero-order valence-electron chi connectivity index (χ0n) is 7.30. The standard InChI is InChI=1S/C9H16O2/c1-3-4-5-6-9(11)8(2)7-10/h7-8H,3-6H2,1-2H3. The Hall–Kier alpha value is -0.660. The lowest BCUT2D eigenvalue weighted by Crippen LogP contribution is -2.11. The molecule has 2 heteroatoms. The maximum absolute atomic E-state index is 11.0. The Morgan fingerprint density at radius 1 is 1.45 bits per heavy atom. The first kappa shape index (κ1) is 10.3. The van der Waals surface area contributed by atoms with Crippen molar-refractivity contribution in [1.29, 1.82) is 0 Å². The van der Waals surface area contributed by atoms with Crippen molar-refractivity contribution in [3.8, 4) is 0 Å². The Balaban J connectivity index is 3.44. The Morgan fingerprint density at radius 2 is 2.09 bits per heavy atom. The van der Waals surface area contributed by atoms with Gasteiger partial charge in [-0.2, -0.15) is 0 Å². The fourth-order valence-electron chi connectivity index (χ4n) is 0.853. The molecule has 1 atom stereocenters. The molecule has 11 heavy (non-hydrogen) atoms. The normalized spacial score (nSPS) is 12.5. The molecule has 0 N–H and O–H groups in total. The van der Waals surface area contributed by atoms with Crippen LogP contribution in [0.1, 0.15) is 39.5 Å². The summed E-state index contributed by atoms with van der Waals surface area (Å²) >= 11 is 0. The van der Waals surface area contributed by atoms with Gasteiger partial charge in [0.2, 0.25) is 0 Å². The highest BCUT2D eigenvalue weighted by atomic mass is 16.1. The van der Waals surface area contributed by atoms with Crippen molar-refractivity contribution in [3.05, 3.63) is 0 Å². The van der Waals surface area contributed by atoms with Crippen molar-refractivity contribution in [1.82, 2.24) is 0 Å². The minimum Gasteiger partial charge on any atom is -0.303 e. The lowest BCUT2D eigenvalue weighted by Gasteiger charge is -2.00. The SMILES string of the molecule is CCCCCC(=O)C(C)C=O. The summed E-state index contributed by atoms with van der Waals surface area (Å²) in [6, 6.07) is 0. The zero-order chi connectivity index (χ0) is 8.69. The Labute approximate surface area is 68.0 Å². The smallest absolute Gasteiger partial charge is 0.142 e. The second-order valence-electron chi connectivity index (χ2n) is 2.85. The van der Waals surface area contributed by atoms with Crippen LogP contribution in [-0.4, -0.2) is 12.1 Å². The van der Waals surface area contributed by atoms with Crippen molar-refractivity contribution in [3.63, 3.8) is 0 Å². The molecular formula is C9H16O2. The van der Waals surface area contributed by atoms with Crippen LogP contribution in [0.15, 0.2) is 0 Å². The lowest BCUT2D eigenvalue weighted by molar-refractivity contribution is -0.126. The average molecular weight is 156 g/mol. The summed E-state index contributed by atoms with van der Waals surface area (Å²) in [5.41, 5.74) is 0. The minimum absolute atomic E-state index is 0.0773. The summed E-state index contributed by atoms with van der Waals surface area (Å²) in [4.78, 5) is 21.2. The summed E-state index contributed by atoms with van der Waals surface area (Å²) in [5.74, 6) is -0.319. The number of Topliss-reactive ketones (excluding diaryl/α,β-unsaturated/α-hetero) is 1. The van der Waals surface area contributed by atoms with E-state index in [0.717, 1.165) is 19.3 Å². The van der Waals surface area contributed by atoms with Gasteiger partial charge in [-0.1, -0.05) is 19.8 Å². The molecule has 0 aromatic heterocycles. The van der Waals surface area contributed by atoms with Crippen LogP contribution in [0.25, 0.3) is 0 Å². The predicted molar refractivity (Wildman–Crippen MR) is 44.4 cm³/mol. The van der Waals surface area contributed by atoms with Crippen LogP contribution in [-0.2, 0) is 9.59 Å². The van der Waals surface area contributed by atoms with Crippen LogP contribution in [0, 0.1) is 5.92 Å². The van der Waals surface area contributed by atoms with E-state index < -0.39 is 5.92 Å². The molecule has 0 aliphatic carbocycles. The largest absolute Gasteiger partial charge is 0.303 e. The molecule has 0 radical (unpaired) electrons. The fourth-order valence-corrected chi connectivity index (χ4v) is 0.853. The molecule has 0 spiro atoms. The quantitative estimate of drug-likeness (QED) is 0.335. The molecular weight excluding hydrogens is 140 g/mol. The molecule has 0 saturated heterocycles. The molecule has 0 aliphatic heterocycles. The third-order valence-corrected chi connectivity index (χ3v) is 1.74. The highest BCUT2D eigenvalue weighted by Crippen LogP contribution is 2.04. The molecule has 0 fully saturated rings. The number of carbonyl (C=O) groups is 2. The molecule has 0 aromatic carbocycles. The number of ketones is 1. The second-order valence-corrected chi connectivity index (χ2v) is 2.85. The van der Waals surface area contributed by atoms with Gasteiger partial charge in [-0.3, -0.25) is 4.79 Å². The third kappa shape index (κ3) is 4.71. The van der Waals surface area contributed by atoms with Gasteiger partial charge in [-0.15, -0.1) is 0 Å². The van der Waals surface area contributed by atoms with Crippen molar-refractivity contribution >= 4 is 12.1 Å². The van der Waals surface area contributed by atoms with E-state index in [9.17, 15) is 9.59 Å². The Bertz CT molecular complexity index is 130. The van der Waals surface area contributed by atoms with E-state index in [0.29, 0.717) is 12.7 Å². The van der Waals surface area contributed by atoms with E-state index in [1.807, 2.05) is 0 Å². The number of rotatable bonds is 6. The predicted octanol–water partition coefficient (Wildman–Crippen LogP) is 1.97. The average Bonchev–Trinajstić information content (AvgIpc) is 2.03. The maximum Gasteiger partial charge on any atom is 0.142 e. The van der Waals surface area contributed by atoms with E-state index in [-0.39, 0.29) is 5.78 Å². The van der Waals surface area contributed by atoms with Crippen molar-refractivity contribution in [2.24, 2.45) is 5.92 Å². The number of hydrogen-bond acceptors (Lipinski definition) is 2. The first-order valence-electron chi connectivity index (χ1n) is 4.20. The Morgan fingerprint density at radius 3 is 2.55 bits per heavy atom. The summed E-state index contributed by atoms with van der Waals surface area (Å²) in [6.45, 7) is 3.74. The monoisotopic (exact) mass is 156 g/mol. The maximum atomic E-state index is 11.0. The topological polar surface area (TPSA) is 34.1 Å². The number of carbonyl (C=O) groups excluding carboxylic acids is 2. The Kier molecular flexibility index (Phi) is 5.71. The third-order valence-electron chi connectivity index (χ3n) is 1.74. The van der Waals surface area contributed by atoms with Crippen LogP contribution in [0.3, 0.4) is 0 Å². The van der Waals surface area contributed by atoms with Gasteiger partial charge < -0.3 is 4.79 Å². The molecule has 0 amide bonds. The van der Waals surface area contributed by atoms with Crippen LogP contribution >= 0.6 is 0 Å². The van der Waals surface area contributed by atoms with E-state index in [2.05, 4.69) is 6.92 Å². The summed E-state index contributed by atoms with van der Waals surface area (Å²) in [6.07, 6.45) is 4.40. The molecule has 0 aliphatic rings. The molecule has 0 aromatic rings.